The highest BCUT2D eigenvalue weighted by molar-refractivity contribution is 9.10. The minimum atomic E-state index is 0.307. The van der Waals surface area contributed by atoms with Gasteiger partial charge in [0.1, 0.15) is 0 Å². The Labute approximate surface area is 95.2 Å². The summed E-state index contributed by atoms with van der Waals surface area (Å²) in [6.07, 6.45) is 1.31. The average molecular weight is 269 g/mol. The maximum Gasteiger partial charge on any atom is 0.281 e. The number of hydrogen-bond donors (Lipinski definition) is 0. The fourth-order valence-electron chi connectivity index (χ4n) is 1.40. The Bertz CT molecular complexity index is 528. The highest BCUT2D eigenvalue weighted by Gasteiger charge is 2.12. The molecule has 0 N–H and O–H groups in total. The van der Waals surface area contributed by atoms with E-state index in [1.54, 1.807) is 6.07 Å². The lowest BCUT2D eigenvalue weighted by Gasteiger charge is -2.05. The number of aromatic nitrogens is 2. The van der Waals surface area contributed by atoms with Gasteiger partial charge in [0.2, 0.25) is 11.7 Å². The fourth-order valence-corrected chi connectivity index (χ4v) is 2.06. The Kier molecular flexibility index (Phi) is 2.48. The van der Waals surface area contributed by atoms with Gasteiger partial charge in [-0.25, -0.2) is 4.98 Å². The first-order chi connectivity index (χ1) is 7.11. The van der Waals surface area contributed by atoms with Gasteiger partial charge in [0.25, 0.3) is 5.88 Å². The van der Waals surface area contributed by atoms with Crippen LogP contribution in [0.15, 0.2) is 22.8 Å². The largest absolute Gasteiger partial charge is 0.618 e. The Morgan fingerprint density at radius 2 is 2.20 bits per heavy atom. The van der Waals surface area contributed by atoms with Crippen molar-refractivity contribution in [1.82, 2.24) is 4.98 Å². The van der Waals surface area contributed by atoms with Crippen LogP contribution in [0, 0.1) is 12.1 Å². The van der Waals surface area contributed by atoms with Gasteiger partial charge in [0.05, 0.1) is 11.6 Å². The molecule has 0 atom stereocenters. The van der Waals surface area contributed by atoms with Crippen molar-refractivity contribution in [2.24, 2.45) is 0 Å². The van der Waals surface area contributed by atoms with Gasteiger partial charge in [-0.3, -0.25) is 0 Å². The first-order valence-electron chi connectivity index (χ1n) is 4.36. The number of ether oxygens (including phenoxy) is 1. The van der Waals surface area contributed by atoms with Gasteiger partial charge >= 0.3 is 0 Å². The van der Waals surface area contributed by atoms with Crippen molar-refractivity contribution in [2.45, 2.75) is 6.92 Å². The summed E-state index contributed by atoms with van der Waals surface area (Å²) in [4.78, 5) is 4.21. The number of rotatable bonds is 1. The molecule has 15 heavy (non-hydrogen) atoms. The molecule has 5 heteroatoms. The van der Waals surface area contributed by atoms with Crippen molar-refractivity contribution in [3.63, 3.8) is 0 Å². The Morgan fingerprint density at radius 3 is 2.87 bits per heavy atom. The Morgan fingerprint density at radius 1 is 1.47 bits per heavy atom. The van der Waals surface area contributed by atoms with E-state index in [1.165, 1.54) is 13.3 Å². The molecule has 1 aromatic carbocycles. The predicted molar refractivity (Wildman–Crippen MR) is 59.7 cm³/mol. The van der Waals surface area contributed by atoms with Gasteiger partial charge < -0.3 is 9.94 Å². The molecule has 78 valence electrons. The molecule has 0 unspecified atom stereocenters. The summed E-state index contributed by atoms with van der Waals surface area (Å²) in [5.74, 6) is 0.307. The van der Waals surface area contributed by atoms with E-state index >= 15 is 0 Å². The van der Waals surface area contributed by atoms with Crippen molar-refractivity contribution in [2.75, 3.05) is 7.11 Å². The third-order valence-electron chi connectivity index (χ3n) is 2.08. The van der Waals surface area contributed by atoms with Crippen LogP contribution >= 0.6 is 15.9 Å². The van der Waals surface area contributed by atoms with Crippen LogP contribution in [0.25, 0.3) is 11.0 Å². The van der Waals surface area contributed by atoms with E-state index < -0.39 is 0 Å². The summed E-state index contributed by atoms with van der Waals surface area (Å²) >= 11 is 3.37. The predicted octanol–water partition coefficient (Wildman–Crippen LogP) is 1.95. The molecule has 0 fully saturated rings. The molecular weight excluding hydrogens is 260 g/mol. The van der Waals surface area contributed by atoms with Crippen LogP contribution in [-0.2, 0) is 0 Å². The van der Waals surface area contributed by atoms with E-state index in [9.17, 15) is 5.21 Å². The number of fused-ring (bicyclic) bond motifs is 1. The van der Waals surface area contributed by atoms with Crippen LogP contribution in [0.2, 0.25) is 0 Å². The van der Waals surface area contributed by atoms with Crippen molar-refractivity contribution < 1.29 is 9.47 Å². The Balaban J connectivity index is 2.85. The maximum atomic E-state index is 11.6. The number of halogens is 1. The third kappa shape index (κ3) is 1.74. The minimum Gasteiger partial charge on any atom is -0.618 e. The lowest BCUT2D eigenvalue weighted by atomic mass is 10.2. The number of hydrogen-bond acceptors (Lipinski definition) is 3. The normalized spacial score (nSPS) is 10.6. The first-order valence-corrected chi connectivity index (χ1v) is 5.15. The summed E-state index contributed by atoms with van der Waals surface area (Å²) in [5.41, 5.74) is 2.14. The summed E-state index contributed by atoms with van der Waals surface area (Å²) in [6.45, 7) is 1.93. The van der Waals surface area contributed by atoms with E-state index in [-0.39, 0.29) is 0 Å². The topological polar surface area (TPSA) is 49.1 Å². The van der Waals surface area contributed by atoms with E-state index in [1.807, 2.05) is 13.0 Å². The van der Waals surface area contributed by atoms with Crippen molar-refractivity contribution in [3.05, 3.63) is 33.6 Å². The van der Waals surface area contributed by atoms with Gasteiger partial charge in [0.15, 0.2) is 5.52 Å². The van der Waals surface area contributed by atoms with Crippen LogP contribution in [0.5, 0.6) is 5.88 Å². The zero-order valence-electron chi connectivity index (χ0n) is 8.32. The van der Waals surface area contributed by atoms with Gasteiger partial charge in [-0.05, 0) is 34.5 Å². The van der Waals surface area contributed by atoms with E-state index in [0.717, 1.165) is 14.8 Å². The first kappa shape index (κ1) is 10.2. The maximum absolute atomic E-state index is 11.6. The third-order valence-corrected chi connectivity index (χ3v) is 2.69. The molecule has 0 radical (unpaired) electrons. The van der Waals surface area contributed by atoms with Crippen LogP contribution in [0.1, 0.15) is 5.56 Å². The molecule has 2 rings (SSSR count). The summed E-state index contributed by atoms with van der Waals surface area (Å²) in [5, 5.41) is 11.6. The molecule has 0 aliphatic carbocycles. The molecule has 0 saturated carbocycles. The number of aryl methyl sites for hydroxylation is 1. The van der Waals surface area contributed by atoms with E-state index in [2.05, 4.69) is 20.9 Å². The van der Waals surface area contributed by atoms with Crippen LogP contribution in [-0.4, -0.2) is 12.1 Å². The molecule has 2 aromatic rings. The smallest absolute Gasteiger partial charge is 0.281 e. The van der Waals surface area contributed by atoms with Crippen LogP contribution in [0.3, 0.4) is 0 Å². The molecule has 0 aliphatic heterocycles. The number of nitrogens with zero attached hydrogens (tertiary/aromatic N) is 2. The van der Waals surface area contributed by atoms with Gasteiger partial charge in [0, 0.05) is 6.07 Å². The van der Waals surface area contributed by atoms with Gasteiger partial charge in [-0.15, -0.1) is 0 Å². The average Bonchev–Trinajstić information content (AvgIpc) is 2.19. The van der Waals surface area contributed by atoms with Crippen LogP contribution < -0.4 is 9.47 Å². The second-order valence-corrected chi connectivity index (χ2v) is 4.08. The molecule has 0 aliphatic rings. The quantitative estimate of drug-likeness (QED) is 0.587. The van der Waals surface area contributed by atoms with Crippen molar-refractivity contribution >= 4 is 27.0 Å². The zero-order chi connectivity index (χ0) is 11.0. The summed E-state index contributed by atoms with van der Waals surface area (Å²) in [7, 11) is 1.48. The number of benzene rings is 1. The van der Waals surface area contributed by atoms with Crippen molar-refractivity contribution in [1.29, 1.82) is 0 Å². The second kappa shape index (κ2) is 3.66. The molecule has 0 bridgehead atoms. The lowest BCUT2D eigenvalue weighted by molar-refractivity contribution is -0.577. The SMILES string of the molecule is COc1c[n+]([O-])c2cc(C)cc(Br)c2n1. The molecule has 0 spiro atoms. The lowest BCUT2D eigenvalue weighted by Crippen LogP contribution is -2.27. The van der Waals surface area contributed by atoms with E-state index in [0.29, 0.717) is 16.9 Å². The van der Waals surface area contributed by atoms with E-state index in [4.69, 9.17) is 4.74 Å². The van der Waals surface area contributed by atoms with Gasteiger partial charge in [-0.1, -0.05) is 0 Å². The minimum absolute atomic E-state index is 0.307. The van der Waals surface area contributed by atoms with Crippen LogP contribution in [0.4, 0.5) is 0 Å². The molecule has 4 nitrogen and oxygen atoms in total. The molecule has 0 amide bonds. The van der Waals surface area contributed by atoms with Gasteiger partial charge in [-0.2, -0.15) is 4.73 Å². The zero-order valence-corrected chi connectivity index (χ0v) is 9.91. The highest BCUT2D eigenvalue weighted by Crippen LogP contribution is 2.23. The highest BCUT2D eigenvalue weighted by atomic mass is 79.9. The fraction of sp³-hybridized carbons (Fsp3) is 0.200. The molecule has 0 saturated heterocycles. The monoisotopic (exact) mass is 268 g/mol. The van der Waals surface area contributed by atoms with Crippen molar-refractivity contribution in [3.8, 4) is 5.88 Å². The Hall–Kier alpha value is -1.36. The number of methoxy groups -OCH3 is 1. The second-order valence-electron chi connectivity index (χ2n) is 3.22. The standard InChI is InChI=1S/C10H9BrN2O2/c1-6-3-7(11)10-8(4-6)13(14)5-9(12-10)15-2/h3-5H,1-2H3. The molecule has 1 aromatic heterocycles. The molecule has 1 heterocycles. The summed E-state index contributed by atoms with van der Waals surface area (Å²) in [6, 6.07) is 3.70. The summed E-state index contributed by atoms with van der Waals surface area (Å²) < 4.78 is 6.49. The molecular formula is C10H9BrN2O2.